The molecular weight excluding hydrogens is 280 g/mol. The van der Waals surface area contributed by atoms with Gasteiger partial charge in [0.2, 0.25) is 0 Å². The SMILES string of the molecule is CCC1=Cc2ccccc2[C@](C)(C/C=C/c2ccccc2)C1=O. The Bertz CT molecular complexity index is 768. The Morgan fingerprint density at radius 1 is 1.00 bits per heavy atom. The van der Waals surface area contributed by atoms with Crippen molar-refractivity contribution in [2.45, 2.75) is 32.1 Å². The summed E-state index contributed by atoms with van der Waals surface area (Å²) < 4.78 is 0. The Hall–Kier alpha value is -2.41. The van der Waals surface area contributed by atoms with Crippen molar-refractivity contribution in [2.24, 2.45) is 0 Å². The van der Waals surface area contributed by atoms with Crippen LogP contribution in [0.5, 0.6) is 0 Å². The summed E-state index contributed by atoms with van der Waals surface area (Å²) >= 11 is 0. The highest BCUT2D eigenvalue weighted by atomic mass is 16.1. The first-order chi connectivity index (χ1) is 11.1. The van der Waals surface area contributed by atoms with Crippen LogP contribution >= 0.6 is 0 Å². The molecule has 1 heteroatoms. The third-order valence-electron chi connectivity index (χ3n) is 4.69. The Morgan fingerprint density at radius 2 is 1.70 bits per heavy atom. The fraction of sp³-hybridized carbons (Fsp3) is 0.227. The van der Waals surface area contributed by atoms with Crippen molar-refractivity contribution < 1.29 is 4.79 Å². The van der Waals surface area contributed by atoms with Crippen molar-refractivity contribution in [1.82, 2.24) is 0 Å². The predicted octanol–water partition coefficient (Wildman–Crippen LogP) is 5.42. The maximum atomic E-state index is 13.0. The molecule has 23 heavy (non-hydrogen) atoms. The molecule has 116 valence electrons. The van der Waals surface area contributed by atoms with Gasteiger partial charge in [-0.1, -0.05) is 73.7 Å². The van der Waals surface area contributed by atoms with Gasteiger partial charge in [-0.05, 0) is 48.1 Å². The Labute approximate surface area is 138 Å². The second kappa shape index (κ2) is 6.37. The Balaban J connectivity index is 1.94. The van der Waals surface area contributed by atoms with E-state index in [2.05, 4.69) is 56.3 Å². The number of allylic oxidation sites excluding steroid dienone is 2. The van der Waals surface area contributed by atoms with Crippen LogP contribution in [0.1, 0.15) is 43.4 Å². The first kappa shape index (κ1) is 15.5. The molecule has 0 radical (unpaired) electrons. The van der Waals surface area contributed by atoms with Gasteiger partial charge in [0.25, 0.3) is 0 Å². The molecule has 2 aromatic carbocycles. The largest absolute Gasteiger partial charge is 0.294 e. The number of carbonyl (C=O) groups excluding carboxylic acids is 1. The van der Waals surface area contributed by atoms with Crippen molar-refractivity contribution in [2.75, 3.05) is 0 Å². The topological polar surface area (TPSA) is 17.1 Å². The van der Waals surface area contributed by atoms with Crippen LogP contribution in [0.4, 0.5) is 0 Å². The van der Waals surface area contributed by atoms with E-state index in [1.54, 1.807) is 0 Å². The maximum absolute atomic E-state index is 13.0. The molecule has 1 aliphatic carbocycles. The Morgan fingerprint density at radius 3 is 2.43 bits per heavy atom. The van der Waals surface area contributed by atoms with Gasteiger partial charge in [-0.3, -0.25) is 4.79 Å². The summed E-state index contributed by atoms with van der Waals surface area (Å²) in [6.45, 7) is 4.13. The van der Waals surface area contributed by atoms with Crippen molar-refractivity contribution in [3.63, 3.8) is 0 Å². The quantitative estimate of drug-likeness (QED) is 0.736. The number of Topliss-reactive ketones (excluding diaryl/α,β-unsaturated/α-hetero) is 1. The second-order valence-corrected chi connectivity index (χ2v) is 6.29. The Kier molecular flexibility index (Phi) is 4.29. The molecule has 1 nitrogen and oxygen atoms in total. The van der Waals surface area contributed by atoms with Gasteiger partial charge in [0.15, 0.2) is 5.78 Å². The van der Waals surface area contributed by atoms with E-state index in [0.29, 0.717) is 0 Å². The summed E-state index contributed by atoms with van der Waals surface area (Å²) in [5, 5.41) is 0. The van der Waals surface area contributed by atoms with Crippen LogP contribution in [0.15, 0.2) is 66.2 Å². The zero-order valence-electron chi connectivity index (χ0n) is 13.8. The molecule has 1 atom stereocenters. The van der Waals surface area contributed by atoms with Crippen molar-refractivity contribution in [1.29, 1.82) is 0 Å². The molecule has 0 N–H and O–H groups in total. The zero-order valence-corrected chi connectivity index (χ0v) is 13.8. The average Bonchev–Trinajstić information content (AvgIpc) is 2.59. The molecule has 0 saturated carbocycles. The lowest BCUT2D eigenvalue weighted by Gasteiger charge is -2.33. The minimum atomic E-state index is -0.470. The number of hydrogen-bond acceptors (Lipinski definition) is 1. The molecule has 0 spiro atoms. The molecule has 2 aromatic rings. The van der Waals surface area contributed by atoms with Gasteiger partial charge in [0.1, 0.15) is 0 Å². The highest BCUT2D eigenvalue weighted by Gasteiger charge is 2.39. The summed E-state index contributed by atoms with van der Waals surface area (Å²) in [6, 6.07) is 18.5. The van der Waals surface area contributed by atoms with Crippen LogP contribution < -0.4 is 0 Å². The predicted molar refractivity (Wildman–Crippen MR) is 97.2 cm³/mol. The minimum absolute atomic E-state index is 0.261. The van der Waals surface area contributed by atoms with Gasteiger partial charge in [-0.15, -0.1) is 0 Å². The summed E-state index contributed by atoms with van der Waals surface area (Å²) in [4.78, 5) is 13.0. The van der Waals surface area contributed by atoms with Gasteiger partial charge in [0, 0.05) is 0 Å². The number of benzene rings is 2. The van der Waals surface area contributed by atoms with Crippen LogP contribution in [0, 0.1) is 0 Å². The molecule has 1 aliphatic rings. The summed E-state index contributed by atoms with van der Waals surface area (Å²) in [5.74, 6) is 0.261. The van der Waals surface area contributed by atoms with Gasteiger partial charge < -0.3 is 0 Å². The number of fused-ring (bicyclic) bond motifs is 1. The fourth-order valence-electron chi connectivity index (χ4n) is 3.32. The van der Waals surface area contributed by atoms with Crippen LogP contribution in [0.25, 0.3) is 12.2 Å². The molecule has 0 saturated heterocycles. The molecule has 0 bridgehead atoms. The molecule has 0 unspecified atom stereocenters. The van der Waals surface area contributed by atoms with E-state index in [1.807, 2.05) is 30.3 Å². The standard InChI is InChI=1S/C22H22O/c1-3-18-16-19-13-7-8-14-20(19)22(2,21(18)23)15-9-12-17-10-5-4-6-11-17/h4-14,16H,3,15H2,1-2H3/b12-9+/t22-/m0/s1. The lowest BCUT2D eigenvalue weighted by Crippen LogP contribution is -2.36. The average molecular weight is 302 g/mol. The van der Waals surface area contributed by atoms with Crippen molar-refractivity contribution in [3.05, 3.63) is 82.9 Å². The first-order valence-electron chi connectivity index (χ1n) is 8.21. The normalized spacial score (nSPS) is 20.4. The van der Waals surface area contributed by atoms with E-state index in [9.17, 15) is 4.79 Å². The minimum Gasteiger partial charge on any atom is -0.294 e. The van der Waals surface area contributed by atoms with E-state index >= 15 is 0 Å². The van der Waals surface area contributed by atoms with E-state index in [1.165, 1.54) is 11.1 Å². The third kappa shape index (κ3) is 2.92. The maximum Gasteiger partial charge on any atom is 0.169 e. The van der Waals surface area contributed by atoms with E-state index < -0.39 is 5.41 Å². The zero-order chi connectivity index (χ0) is 16.3. The van der Waals surface area contributed by atoms with Gasteiger partial charge in [-0.25, -0.2) is 0 Å². The smallest absolute Gasteiger partial charge is 0.169 e. The number of hydrogen-bond donors (Lipinski definition) is 0. The van der Waals surface area contributed by atoms with Crippen LogP contribution in [-0.2, 0) is 10.2 Å². The molecular formula is C22H22O. The van der Waals surface area contributed by atoms with Crippen LogP contribution in [0.3, 0.4) is 0 Å². The third-order valence-corrected chi connectivity index (χ3v) is 4.69. The number of ketones is 1. The molecule has 3 rings (SSSR count). The molecule has 0 fully saturated rings. The van der Waals surface area contributed by atoms with Gasteiger partial charge in [0.05, 0.1) is 5.41 Å². The van der Waals surface area contributed by atoms with Crippen LogP contribution in [0.2, 0.25) is 0 Å². The number of carbonyl (C=O) groups is 1. The van der Waals surface area contributed by atoms with E-state index in [-0.39, 0.29) is 5.78 Å². The lowest BCUT2D eigenvalue weighted by molar-refractivity contribution is -0.120. The highest BCUT2D eigenvalue weighted by molar-refractivity contribution is 6.09. The van der Waals surface area contributed by atoms with Crippen molar-refractivity contribution >= 4 is 17.9 Å². The molecule has 0 heterocycles. The lowest BCUT2D eigenvalue weighted by atomic mass is 9.68. The monoisotopic (exact) mass is 302 g/mol. The highest BCUT2D eigenvalue weighted by Crippen LogP contribution is 2.39. The number of rotatable bonds is 4. The summed E-state index contributed by atoms with van der Waals surface area (Å²) in [5.41, 5.74) is 3.94. The second-order valence-electron chi connectivity index (χ2n) is 6.29. The van der Waals surface area contributed by atoms with Crippen LogP contribution in [-0.4, -0.2) is 5.78 Å². The fourth-order valence-corrected chi connectivity index (χ4v) is 3.32. The molecule has 0 amide bonds. The summed E-state index contributed by atoms with van der Waals surface area (Å²) in [7, 11) is 0. The van der Waals surface area contributed by atoms with E-state index in [4.69, 9.17) is 0 Å². The molecule has 0 aromatic heterocycles. The first-order valence-corrected chi connectivity index (χ1v) is 8.21. The van der Waals surface area contributed by atoms with Gasteiger partial charge >= 0.3 is 0 Å². The molecule has 0 aliphatic heterocycles. The summed E-state index contributed by atoms with van der Waals surface area (Å²) in [6.07, 6.45) is 7.79. The van der Waals surface area contributed by atoms with Crippen molar-refractivity contribution in [3.8, 4) is 0 Å². The van der Waals surface area contributed by atoms with E-state index in [0.717, 1.165) is 24.0 Å². The van der Waals surface area contributed by atoms with Gasteiger partial charge in [-0.2, -0.15) is 0 Å².